The van der Waals surface area contributed by atoms with Gasteiger partial charge in [0.15, 0.2) is 0 Å². The summed E-state index contributed by atoms with van der Waals surface area (Å²) in [6, 6.07) is 23.3. The number of para-hydroxylation sites is 1. The molecular weight excluding hydrogens is 506 g/mol. The van der Waals surface area contributed by atoms with Gasteiger partial charge in [-0.2, -0.15) is 0 Å². The summed E-state index contributed by atoms with van der Waals surface area (Å²) in [7, 11) is -2.98. The van der Waals surface area contributed by atoms with Gasteiger partial charge in [0.1, 0.15) is 38.5 Å². The quantitative estimate of drug-likeness (QED) is 0.230. The fourth-order valence-corrected chi connectivity index (χ4v) is 4.95. The molecule has 10 heteroatoms. The van der Waals surface area contributed by atoms with E-state index in [1.54, 1.807) is 6.33 Å². The van der Waals surface area contributed by atoms with Crippen LogP contribution in [0.2, 0.25) is 0 Å². The molecule has 5 rings (SSSR count). The van der Waals surface area contributed by atoms with Crippen LogP contribution in [0.25, 0.3) is 22.2 Å². The highest BCUT2D eigenvalue weighted by Gasteiger charge is 2.10. The number of aromatic nitrogens is 3. The van der Waals surface area contributed by atoms with Crippen LogP contribution in [0.1, 0.15) is 5.01 Å². The van der Waals surface area contributed by atoms with Gasteiger partial charge in [-0.05, 0) is 48.5 Å². The van der Waals surface area contributed by atoms with Crippen molar-refractivity contribution in [1.82, 2.24) is 20.3 Å². The Bertz CT molecular complexity index is 1600. The van der Waals surface area contributed by atoms with E-state index in [0.29, 0.717) is 18.9 Å². The second-order valence-corrected chi connectivity index (χ2v) is 11.7. The fourth-order valence-electron chi connectivity index (χ4n) is 3.66. The number of rotatable bonds is 10. The van der Waals surface area contributed by atoms with Crippen LogP contribution in [-0.4, -0.2) is 41.9 Å². The topological polar surface area (TPSA) is 106 Å². The number of fused-ring (bicyclic) bond motifs is 1. The number of anilines is 2. The molecule has 0 fully saturated rings. The summed E-state index contributed by atoms with van der Waals surface area (Å²) in [5.41, 5.74) is 3.50. The molecule has 0 radical (unpaired) electrons. The molecule has 2 N–H and O–H groups in total. The number of nitrogens with one attached hydrogen (secondary N) is 2. The van der Waals surface area contributed by atoms with Gasteiger partial charge in [-0.15, -0.1) is 11.3 Å². The normalized spacial score (nSPS) is 11.5. The second kappa shape index (κ2) is 11.0. The summed E-state index contributed by atoms with van der Waals surface area (Å²) in [5.74, 6) is 2.33. The smallest absolute Gasteiger partial charge is 0.148 e. The van der Waals surface area contributed by atoms with Crippen LogP contribution in [0, 0.1) is 0 Å². The van der Waals surface area contributed by atoms with Crippen LogP contribution in [-0.2, 0) is 16.4 Å². The number of thiazole rings is 1. The molecule has 5 aromatic rings. The van der Waals surface area contributed by atoms with Crippen LogP contribution in [0.15, 0.2) is 84.5 Å². The van der Waals surface area contributed by atoms with Gasteiger partial charge in [-0.25, -0.2) is 23.4 Å². The van der Waals surface area contributed by atoms with Crippen molar-refractivity contribution in [3.8, 4) is 22.8 Å². The van der Waals surface area contributed by atoms with Gasteiger partial charge in [-0.1, -0.05) is 24.3 Å². The molecular formula is C27H25N5O3S2. The Morgan fingerprint density at radius 3 is 2.51 bits per heavy atom. The van der Waals surface area contributed by atoms with E-state index in [9.17, 15) is 8.42 Å². The molecule has 0 spiro atoms. The summed E-state index contributed by atoms with van der Waals surface area (Å²) in [4.78, 5) is 13.6. The number of sulfone groups is 1. The first kappa shape index (κ1) is 24.8. The zero-order valence-electron chi connectivity index (χ0n) is 20.1. The third-order valence-electron chi connectivity index (χ3n) is 5.50. The predicted molar refractivity (Wildman–Crippen MR) is 148 cm³/mol. The standard InChI is InChI=1S/C27H25N5O3S2/c1-37(33,34)14-13-28-16-26-32-25(17-36-26)19-7-12-24-23(15-19)27(30-18-29-24)31-20-8-10-22(11-9-20)35-21-5-3-2-4-6-21/h2-12,15,17-18,28H,13-14,16H2,1H3,(H,29,30,31). The Balaban J connectivity index is 1.30. The maximum absolute atomic E-state index is 11.3. The second-order valence-electron chi connectivity index (χ2n) is 8.45. The SMILES string of the molecule is CS(=O)(=O)CCNCc1nc(-c2ccc3ncnc(Nc4ccc(Oc5ccccc5)cc4)c3c2)cs1. The van der Waals surface area contributed by atoms with Crippen molar-refractivity contribution < 1.29 is 13.2 Å². The van der Waals surface area contributed by atoms with E-state index in [0.717, 1.165) is 44.4 Å². The Hall–Kier alpha value is -3.86. The van der Waals surface area contributed by atoms with Crippen LogP contribution >= 0.6 is 11.3 Å². The number of hydrogen-bond donors (Lipinski definition) is 2. The third-order valence-corrected chi connectivity index (χ3v) is 7.30. The number of hydrogen-bond acceptors (Lipinski definition) is 9. The summed E-state index contributed by atoms with van der Waals surface area (Å²) in [5, 5.41) is 10.3. The van der Waals surface area contributed by atoms with Crippen LogP contribution in [0.3, 0.4) is 0 Å². The summed E-state index contributed by atoms with van der Waals surface area (Å²) in [6.07, 6.45) is 2.78. The van der Waals surface area contributed by atoms with E-state index in [-0.39, 0.29) is 5.75 Å². The Morgan fingerprint density at radius 2 is 1.73 bits per heavy atom. The predicted octanol–water partition coefficient (Wildman–Crippen LogP) is 5.42. The molecule has 188 valence electrons. The highest BCUT2D eigenvalue weighted by Crippen LogP contribution is 2.30. The van der Waals surface area contributed by atoms with Crippen LogP contribution in [0.4, 0.5) is 11.5 Å². The van der Waals surface area contributed by atoms with Crippen LogP contribution < -0.4 is 15.4 Å². The lowest BCUT2D eigenvalue weighted by Crippen LogP contribution is -2.21. The van der Waals surface area contributed by atoms with Gasteiger partial charge >= 0.3 is 0 Å². The van der Waals surface area contributed by atoms with E-state index >= 15 is 0 Å². The molecule has 2 heterocycles. The lowest BCUT2D eigenvalue weighted by Gasteiger charge is -2.10. The maximum Gasteiger partial charge on any atom is 0.148 e. The lowest BCUT2D eigenvalue weighted by molar-refractivity contribution is 0.483. The largest absolute Gasteiger partial charge is 0.457 e. The van der Waals surface area contributed by atoms with Gasteiger partial charge in [0.05, 0.1) is 17.0 Å². The molecule has 0 amide bonds. The molecule has 0 aliphatic heterocycles. The first-order valence-corrected chi connectivity index (χ1v) is 14.5. The summed E-state index contributed by atoms with van der Waals surface area (Å²) >= 11 is 1.53. The van der Waals surface area contributed by atoms with Crippen molar-refractivity contribution in [2.75, 3.05) is 23.9 Å². The lowest BCUT2D eigenvalue weighted by atomic mass is 10.1. The summed E-state index contributed by atoms with van der Waals surface area (Å²) < 4.78 is 28.5. The molecule has 0 saturated carbocycles. The molecule has 37 heavy (non-hydrogen) atoms. The van der Waals surface area contributed by atoms with Crippen molar-refractivity contribution >= 4 is 43.6 Å². The van der Waals surface area contributed by atoms with Gasteiger partial charge in [-0.3, -0.25) is 0 Å². The van der Waals surface area contributed by atoms with Gasteiger partial charge < -0.3 is 15.4 Å². The molecule has 0 aliphatic rings. The van der Waals surface area contributed by atoms with Crippen molar-refractivity contribution in [3.63, 3.8) is 0 Å². The number of benzene rings is 3. The Morgan fingerprint density at radius 1 is 0.946 bits per heavy atom. The van der Waals surface area contributed by atoms with Gasteiger partial charge in [0.2, 0.25) is 0 Å². The molecule has 0 aliphatic carbocycles. The van der Waals surface area contributed by atoms with Crippen molar-refractivity contribution in [2.24, 2.45) is 0 Å². The Labute approximate surface area is 219 Å². The first-order valence-electron chi connectivity index (χ1n) is 11.6. The average Bonchev–Trinajstić information content (AvgIpc) is 3.37. The minimum absolute atomic E-state index is 0.106. The minimum atomic E-state index is -2.98. The maximum atomic E-state index is 11.3. The molecule has 0 unspecified atom stereocenters. The van der Waals surface area contributed by atoms with E-state index < -0.39 is 9.84 Å². The fraction of sp³-hybridized carbons (Fsp3) is 0.148. The van der Waals surface area contributed by atoms with Crippen molar-refractivity contribution in [3.05, 3.63) is 89.5 Å². The monoisotopic (exact) mass is 531 g/mol. The van der Waals surface area contributed by atoms with Gasteiger partial charge in [0, 0.05) is 41.4 Å². The van der Waals surface area contributed by atoms with Gasteiger partial charge in [0.25, 0.3) is 0 Å². The van der Waals surface area contributed by atoms with E-state index in [2.05, 4.69) is 20.6 Å². The van der Waals surface area contributed by atoms with E-state index in [4.69, 9.17) is 9.72 Å². The van der Waals surface area contributed by atoms with Crippen LogP contribution in [0.5, 0.6) is 11.5 Å². The molecule has 2 aromatic heterocycles. The zero-order valence-corrected chi connectivity index (χ0v) is 21.7. The number of ether oxygens (including phenoxy) is 1. The zero-order chi connectivity index (χ0) is 25.7. The number of nitrogens with zero attached hydrogens (tertiary/aromatic N) is 3. The molecule has 8 nitrogen and oxygen atoms in total. The first-order chi connectivity index (χ1) is 17.9. The highest BCUT2D eigenvalue weighted by molar-refractivity contribution is 7.90. The third kappa shape index (κ3) is 6.67. The average molecular weight is 532 g/mol. The minimum Gasteiger partial charge on any atom is -0.457 e. The summed E-state index contributed by atoms with van der Waals surface area (Å²) in [6.45, 7) is 0.920. The molecule has 0 bridgehead atoms. The van der Waals surface area contributed by atoms with Crippen molar-refractivity contribution in [2.45, 2.75) is 6.54 Å². The highest BCUT2D eigenvalue weighted by atomic mass is 32.2. The van der Waals surface area contributed by atoms with E-state index in [1.165, 1.54) is 17.6 Å². The molecule has 0 saturated heterocycles. The van der Waals surface area contributed by atoms with E-state index in [1.807, 2.05) is 78.2 Å². The van der Waals surface area contributed by atoms with Crippen molar-refractivity contribution in [1.29, 1.82) is 0 Å². The molecule has 3 aromatic carbocycles. The molecule has 0 atom stereocenters. The Kier molecular flexibility index (Phi) is 7.40.